The Hall–Kier alpha value is -0.980. The van der Waals surface area contributed by atoms with Crippen LogP contribution < -0.4 is 0 Å². The molecule has 0 bridgehead atoms. The minimum atomic E-state index is 0.167. The lowest BCUT2D eigenvalue weighted by Gasteiger charge is -2.05. The third-order valence-electron chi connectivity index (χ3n) is 1.28. The van der Waals surface area contributed by atoms with Crippen molar-refractivity contribution in [1.82, 2.24) is 4.57 Å². The second kappa shape index (κ2) is 2.53. The van der Waals surface area contributed by atoms with Gasteiger partial charge in [-0.05, 0) is 19.1 Å². The molecule has 1 aromatic heterocycles. The highest BCUT2D eigenvalue weighted by Gasteiger charge is 1.93. The monoisotopic (exact) mass is 120 g/mol. The fraction of sp³-hybridized carbons (Fsp3) is 0.125. The van der Waals surface area contributed by atoms with Gasteiger partial charge in [0, 0.05) is 12.4 Å². The summed E-state index contributed by atoms with van der Waals surface area (Å²) in [5.41, 5.74) is 0. The summed E-state index contributed by atoms with van der Waals surface area (Å²) in [4.78, 5) is 0. The maximum absolute atomic E-state index is 3.84. The van der Waals surface area contributed by atoms with Gasteiger partial charge in [-0.3, -0.25) is 0 Å². The quantitative estimate of drug-likeness (QED) is 0.526. The van der Waals surface area contributed by atoms with Crippen molar-refractivity contribution in [3.8, 4) is 0 Å². The second-order valence-electron chi connectivity index (χ2n) is 1.93. The summed E-state index contributed by atoms with van der Waals surface area (Å²) in [5, 5.41) is 0. The summed E-state index contributed by atoms with van der Waals surface area (Å²) >= 11 is 0. The van der Waals surface area contributed by atoms with E-state index < -0.39 is 0 Å². The first-order valence-electron chi connectivity index (χ1n) is 2.92. The minimum Gasteiger partial charge on any atom is -0.348 e. The van der Waals surface area contributed by atoms with Crippen LogP contribution in [0.1, 0.15) is 6.04 Å². The van der Waals surface area contributed by atoms with Gasteiger partial charge in [-0.25, -0.2) is 0 Å². The fourth-order valence-electron chi connectivity index (χ4n) is 0.691. The third kappa shape index (κ3) is 1.22. The first kappa shape index (κ1) is 6.14. The Morgan fingerprint density at radius 3 is 2.33 bits per heavy atom. The summed E-state index contributed by atoms with van der Waals surface area (Å²) < 4.78 is 1.99. The van der Waals surface area contributed by atoms with Crippen LogP contribution in [0.15, 0.2) is 37.2 Å². The summed E-state index contributed by atoms with van der Waals surface area (Å²) in [6.07, 6.45) is 5.75. The molecule has 47 valence electrons. The molecule has 0 aliphatic heterocycles. The van der Waals surface area contributed by atoms with Gasteiger partial charge in [-0.15, -0.1) is 6.58 Å². The van der Waals surface area contributed by atoms with Crippen molar-refractivity contribution in [2.45, 2.75) is 6.04 Å². The van der Waals surface area contributed by atoms with E-state index in [2.05, 4.69) is 13.5 Å². The number of hydrogen-bond donors (Lipinski definition) is 0. The van der Waals surface area contributed by atoms with Crippen LogP contribution >= 0.6 is 0 Å². The Morgan fingerprint density at radius 1 is 1.33 bits per heavy atom. The molecule has 1 radical (unpaired) electrons. The van der Waals surface area contributed by atoms with Crippen LogP contribution in [-0.4, -0.2) is 4.57 Å². The number of allylic oxidation sites excluding steroid dienone is 1. The van der Waals surface area contributed by atoms with Crippen LogP contribution in [0.4, 0.5) is 0 Å². The Bertz CT molecular complexity index is 174. The Morgan fingerprint density at radius 2 is 1.89 bits per heavy atom. The number of rotatable bonds is 2. The van der Waals surface area contributed by atoms with Crippen LogP contribution in [0.2, 0.25) is 0 Å². The summed E-state index contributed by atoms with van der Waals surface area (Å²) in [6.45, 7) is 7.48. The molecule has 1 heterocycles. The van der Waals surface area contributed by atoms with Crippen molar-refractivity contribution >= 4 is 0 Å². The van der Waals surface area contributed by atoms with Gasteiger partial charge < -0.3 is 4.57 Å². The number of nitrogens with zero attached hydrogens (tertiary/aromatic N) is 1. The maximum Gasteiger partial charge on any atom is 0.0508 e. The fourth-order valence-corrected chi connectivity index (χ4v) is 0.691. The molecule has 0 saturated heterocycles. The molecular formula is C8H10N. The predicted molar refractivity (Wildman–Crippen MR) is 39.0 cm³/mol. The van der Waals surface area contributed by atoms with E-state index in [0.717, 1.165) is 0 Å². The molecule has 0 fully saturated rings. The number of hydrogen-bond acceptors (Lipinski definition) is 0. The van der Waals surface area contributed by atoms with Crippen LogP contribution in [-0.2, 0) is 0 Å². The van der Waals surface area contributed by atoms with E-state index in [1.54, 1.807) is 6.08 Å². The average molecular weight is 120 g/mol. The summed E-state index contributed by atoms with van der Waals surface area (Å²) in [5.74, 6) is 0. The van der Waals surface area contributed by atoms with Gasteiger partial charge in [-0.1, -0.05) is 6.08 Å². The van der Waals surface area contributed by atoms with Gasteiger partial charge in [-0.2, -0.15) is 0 Å². The molecule has 0 saturated carbocycles. The van der Waals surface area contributed by atoms with E-state index in [9.17, 15) is 0 Å². The molecule has 1 heteroatoms. The van der Waals surface area contributed by atoms with Gasteiger partial charge in [0.1, 0.15) is 0 Å². The van der Waals surface area contributed by atoms with Crippen molar-refractivity contribution in [3.63, 3.8) is 0 Å². The van der Waals surface area contributed by atoms with E-state index in [1.807, 2.05) is 29.1 Å². The van der Waals surface area contributed by atoms with E-state index in [1.165, 1.54) is 0 Å². The smallest absolute Gasteiger partial charge is 0.0508 e. The van der Waals surface area contributed by atoms with E-state index in [0.29, 0.717) is 0 Å². The Kier molecular flexibility index (Phi) is 1.73. The molecule has 1 unspecified atom stereocenters. The molecule has 9 heavy (non-hydrogen) atoms. The SMILES string of the molecule is [CH2]C(C=C)n1cccc1. The molecule has 0 spiro atoms. The van der Waals surface area contributed by atoms with Crippen molar-refractivity contribution in [2.24, 2.45) is 0 Å². The van der Waals surface area contributed by atoms with Crippen molar-refractivity contribution in [1.29, 1.82) is 0 Å². The topological polar surface area (TPSA) is 4.93 Å². The minimum absolute atomic E-state index is 0.167. The molecule has 0 aromatic carbocycles. The highest BCUT2D eigenvalue weighted by molar-refractivity contribution is 4.98. The lowest BCUT2D eigenvalue weighted by atomic mass is 10.3. The molecule has 0 amide bonds. The first-order chi connectivity index (χ1) is 4.34. The zero-order valence-corrected chi connectivity index (χ0v) is 5.33. The lowest BCUT2D eigenvalue weighted by Crippen LogP contribution is -1.96. The molecule has 1 rings (SSSR count). The average Bonchev–Trinajstić information content (AvgIpc) is 2.37. The third-order valence-corrected chi connectivity index (χ3v) is 1.28. The molecule has 1 aromatic rings. The normalized spacial score (nSPS) is 13.0. The lowest BCUT2D eigenvalue weighted by molar-refractivity contribution is 0.726. The van der Waals surface area contributed by atoms with E-state index in [4.69, 9.17) is 0 Å². The zero-order valence-electron chi connectivity index (χ0n) is 5.33. The maximum atomic E-state index is 3.84. The van der Waals surface area contributed by atoms with Gasteiger partial charge in [0.15, 0.2) is 0 Å². The summed E-state index contributed by atoms with van der Waals surface area (Å²) in [6, 6.07) is 4.11. The number of aromatic nitrogens is 1. The van der Waals surface area contributed by atoms with Crippen LogP contribution in [0.5, 0.6) is 0 Å². The molecule has 1 nitrogen and oxygen atoms in total. The molecule has 0 aliphatic carbocycles. The van der Waals surface area contributed by atoms with Gasteiger partial charge >= 0.3 is 0 Å². The Labute approximate surface area is 55.6 Å². The van der Waals surface area contributed by atoms with Crippen molar-refractivity contribution in [2.75, 3.05) is 0 Å². The highest BCUT2D eigenvalue weighted by Crippen LogP contribution is 2.04. The van der Waals surface area contributed by atoms with Crippen LogP contribution in [0.25, 0.3) is 0 Å². The van der Waals surface area contributed by atoms with Crippen LogP contribution in [0, 0.1) is 6.92 Å². The second-order valence-corrected chi connectivity index (χ2v) is 1.93. The van der Waals surface area contributed by atoms with Gasteiger partial charge in [0.2, 0.25) is 0 Å². The van der Waals surface area contributed by atoms with E-state index >= 15 is 0 Å². The van der Waals surface area contributed by atoms with E-state index in [-0.39, 0.29) is 6.04 Å². The zero-order chi connectivity index (χ0) is 6.69. The van der Waals surface area contributed by atoms with Crippen molar-refractivity contribution in [3.05, 3.63) is 44.1 Å². The highest BCUT2D eigenvalue weighted by atomic mass is 15.0. The first-order valence-corrected chi connectivity index (χ1v) is 2.92. The van der Waals surface area contributed by atoms with Gasteiger partial charge in [0.05, 0.1) is 6.04 Å². The Balaban J connectivity index is 2.76. The molecule has 0 aliphatic rings. The predicted octanol–water partition coefficient (Wildman–Crippen LogP) is 2.05. The molecule has 1 atom stereocenters. The van der Waals surface area contributed by atoms with Crippen LogP contribution in [0.3, 0.4) is 0 Å². The summed E-state index contributed by atoms with van der Waals surface area (Å²) in [7, 11) is 0. The molecule has 0 N–H and O–H groups in total. The van der Waals surface area contributed by atoms with Gasteiger partial charge in [0.25, 0.3) is 0 Å². The molecular weight excluding hydrogens is 110 g/mol. The standard InChI is InChI=1S/C8H10N/c1-3-8(2)9-6-4-5-7-9/h3-8H,1-2H2. The van der Waals surface area contributed by atoms with Crippen molar-refractivity contribution < 1.29 is 0 Å². The largest absolute Gasteiger partial charge is 0.348 e.